The minimum absolute atomic E-state index is 0.0591. The number of ketones is 1. The fraction of sp³-hybridized carbons (Fsp3) is 0.500. The number of aromatic nitrogens is 1. The van der Waals surface area contributed by atoms with Gasteiger partial charge in [-0.25, -0.2) is 0 Å². The third kappa shape index (κ3) is 7.58. The van der Waals surface area contributed by atoms with Crippen LogP contribution in [0.2, 0.25) is 0 Å². The third-order valence-corrected chi connectivity index (χ3v) is 5.30. The zero-order valence-electron chi connectivity index (χ0n) is 18.1. The molecule has 0 amide bonds. The lowest BCUT2D eigenvalue weighted by Crippen LogP contribution is -2.30. The topological polar surface area (TPSA) is 88.6 Å². The van der Waals surface area contributed by atoms with E-state index in [4.69, 9.17) is 9.47 Å². The van der Waals surface area contributed by atoms with Gasteiger partial charge in [0.1, 0.15) is 11.9 Å². The molecule has 0 aliphatic heterocycles. The number of aromatic amines is 1. The molecule has 0 aliphatic rings. The number of carbonyl (C=O) groups is 2. The fourth-order valence-electron chi connectivity index (χ4n) is 3.68. The van der Waals surface area contributed by atoms with E-state index in [0.29, 0.717) is 18.6 Å². The average molecular weight is 416 g/mol. The van der Waals surface area contributed by atoms with Gasteiger partial charge in [-0.05, 0) is 48.6 Å². The van der Waals surface area contributed by atoms with Gasteiger partial charge in [-0.2, -0.15) is 0 Å². The summed E-state index contributed by atoms with van der Waals surface area (Å²) in [4.78, 5) is 27.5. The highest BCUT2D eigenvalue weighted by molar-refractivity contribution is 5.79. The summed E-state index contributed by atoms with van der Waals surface area (Å²) in [6.45, 7) is 3.53. The number of ether oxygens (including phenoxy) is 2. The van der Waals surface area contributed by atoms with Crippen molar-refractivity contribution in [3.8, 4) is 11.5 Å². The van der Waals surface area contributed by atoms with Crippen LogP contribution in [0.15, 0.2) is 36.7 Å². The van der Waals surface area contributed by atoms with Crippen molar-refractivity contribution in [2.75, 3.05) is 7.11 Å². The van der Waals surface area contributed by atoms with Gasteiger partial charge in [0, 0.05) is 38.1 Å². The number of phenols is 1. The summed E-state index contributed by atoms with van der Waals surface area (Å²) in [5.74, 6) is 0.271. The van der Waals surface area contributed by atoms with Crippen LogP contribution in [0.5, 0.6) is 11.5 Å². The second-order valence-electron chi connectivity index (χ2n) is 7.72. The van der Waals surface area contributed by atoms with Gasteiger partial charge in [0.25, 0.3) is 0 Å². The summed E-state index contributed by atoms with van der Waals surface area (Å²) in [5, 5.41) is 9.71. The van der Waals surface area contributed by atoms with Crippen LogP contribution < -0.4 is 4.74 Å². The summed E-state index contributed by atoms with van der Waals surface area (Å²) in [6.07, 6.45) is 8.25. The van der Waals surface area contributed by atoms with Crippen molar-refractivity contribution in [3.05, 3.63) is 47.8 Å². The molecule has 2 rings (SSSR count). The highest BCUT2D eigenvalue weighted by atomic mass is 16.5. The molecular weight excluding hydrogens is 382 g/mol. The molecule has 6 heteroatoms. The lowest BCUT2D eigenvalue weighted by molar-refractivity contribution is -0.150. The number of aryl methyl sites for hydroxylation is 1. The molecule has 6 nitrogen and oxygen atoms in total. The summed E-state index contributed by atoms with van der Waals surface area (Å²) in [6, 6.07) is 7.11. The number of esters is 1. The molecule has 0 bridgehead atoms. The van der Waals surface area contributed by atoms with Gasteiger partial charge in [-0.3, -0.25) is 9.59 Å². The van der Waals surface area contributed by atoms with Gasteiger partial charge < -0.3 is 19.6 Å². The number of hydrogen-bond donors (Lipinski definition) is 2. The van der Waals surface area contributed by atoms with E-state index in [0.717, 1.165) is 36.8 Å². The number of Topliss-reactive ketones (excluding diaryl/α,β-unsaturated/α-hetero) is 1. The van der Waals surface area contributed by atoms with Gasteiger partial charge in [-0.15, -0.1) is 0 Å². The SMILES string of the molecule is CCCC[C@H](Cc1cc[nH]c1)[C@H](CC(=O)CCc1ccc(O)c(OC)c1)OC(C)=O. The molecule has 0 unspecified atom stereocenters. The Morgan fingerprint density at radius 2 is 2.00 bits per heavy atom. The van der Waals surface area contributed by atoms with E-state index in [1.165, 1.54) is 14.0 Å². The van der Waals surface area contributed by atoms with Crippen LogP contribution in [-0.2, 0) is 27.2 Å². The van der Waals surface area contributed by atoms with Crippen LogP contribution in [0.1, 0.15) is 57.1 Å². The maximum atomic E-state index is 12.7. The van der Waals surface area contributed by atoms with E-state index in [9.17, 15) is 14.7 Å². The molecule has 2 N–H and O–H groups in total. The molecule has 2 atom stereocenters. The zero-order valence-corrected chi connectivity index (χ0v) is 18.1. The molecule has 0 radical (unpaired) electrons. The summed E-state index contributed by atoms with van der Waals surface area (Å²) >= 11 is 0. The monoisotopic (exact) mass is 415 g/mol. The number of benzene rings is 1. The van der Waals surface area contributed by atoms with E-state index in [1.54, 1.807) is 18.2 Å². The molecule has 2 aromatic rings. The normalized spacial score (nSPS) is 12.9. The Bertz CT molecular complexity index is 800. The quantitative estimate of drug-likeness (QED) is 0.467. The number of carbonyl (C=O) groups excluding carboxylic acids is 2. The van der Waals surface area contributed by atoms with Crippen molar-refractivity contribution < 1.29 is 24.2 Å². The summed E-state index contributed by atoms with van der Waals surface area (Å²) in [7, 11) is 1.49. The predicted octanol–water partition coefficient (Wildman–Crippen LogP) is 4.60. The molecule has 1 heterocycles. The van der Waals surface area contributed by atoms with Crippen molar-refractivity contribution >= 4 is 11.8 Å². The first kappa shape index (κ1) is 23.5. The molecule has 0 fully saturated rings. The predicted molar refractivity (Wildman–Crippen MR) is 116 cm³/mol. The Balaban J connectivity index is 2.03. The number of unbranched alkanes of at least 4 members (excludes halogenated alkanes) is 1. The molecule has 0 spiro atoms. The van der Waals surface area contributed by atoms with Gasteiger partial charge >= 0.3 is 5.97 Å². The van der Waals surface area contributed by atoms with Gasteiger partial charge in [0.15, 0.2) is 11.5 Å². The number of methoxy groups -OCH3 is 1. The molecule has 1 aromatic carbocycles. The van der Waals surface area contributed by atoms with Crippen molar-refractivity contribution in [1.29, 1.82) is 0 Å². The van der Waals surface area contributed by atoms with Crippen molar-refractivity contribution in [2.45, 2.75) is 64.9 Å². The second kappa shape index (κ2) is 12.1. The highest BCUT2D eigenvalue weighted by Crippen LogP contribution is 2.28. The standard InChI is InChI=1S/C24H33NO5/c1-4-5-6-20(13-19-11-12-25-16-19)23(30-17(2)26)15-21(27)9-7-18-8-10-22(28)24(14-18)29-3/h8,10-12,14,16,20,23,25,28H,4-7,9,13,15H2,1-3H3/t20-,23+/m1/s1. The lowest BCUT2D eigenvalue weighted by atomic mass is 9.87. The lowest BCUT2D eigenvalue weighted by Gasteiger charge is -2.26. The zero-order chi connectivity index (χ0) is 21.9. The maximum Gasteiger partial charge on any atom is 0.302 e. The number of phenolic OH excluding ortho intramolecular Hbond substituents is 1. The minimum Gasteiger partial charge on any atom is -0.504 e. The average Bonchev–Trinajstić information content (AvgIpc) is 3.23. The molecule has 1 aromatic heterocycles. The van der Waals surface area contributed by atoms with Crippen molar-refractivity contribution in [2.24, 2.45) is 5.92 Å². The number of hydrogen-bond acceptors (Lipinski definition) is 5. The second-order valence-corrected chi connectivity index (χ2v) is 7.72. The number of rotatable bonds is 13. The Kier molecular flexibility index (Phi) is 9.45. The van der Waals surface area contributed by atoms with Crippen molar-refractivity contribution in [1.82, 2.24) is 4.98 Å². The maximum absolute atomic E-state index is 12.7. The van der Waals surface area contributed by atoms with E-state index >= 15 is 0 Å². The largest absolute Gasteiger partial charge is 0.504 e. The molecule has 164 valence electrons. The first-order valence-electron chi connectivity index (χ1n) is 10.6. The molecule has 0 aliphatic carbocycles. The van der Waals surface area contributed by atoms with Crippen LogP contribution in [0.25, 0.3) is 0 Å². The Morgan fingerprint density at radius 1 is 1.20 bits per heavy atom. The van der Waals surface area contributed by atoms with Crippen LogP contribution >= 0.6 is 0 Å². The van der Waals surface area contributed by atoms with Crippen molar-refractivity contribution in [3.63, 3.8) is 0 Å². The summed E-state index contributed by atoms with van der Waals surface area (Å²) in [5.41, 5.74) is 2.06. The molecule has 0 saturated heterocycles. The first-order chi connectivity index (χ1) is 14.4. The van der Waals surface area contributed by atoms with Crippen LogP contribution in [0.3, 0.4) is 0 Å². The van der Waals surface area contributed by atoms with E-state index in [-0.39, 0.29) is 29.8 Å². The number of nitrogens with one attached hydrogen (secondary N) is 1. The smallest absolute Gasteiger partial charge is 0.302 e. The van der Waals surface area contributed by atoms with E-state index < -0.39 is 6.10 Å². The Labute approximate surface area is 178 Å². The van der Waals surface area contributed by atoms with Crippen LogP contribution in [-0.4, -0.2) is 35.1 Å². The van der Waals surface area contributed by atoms with Crippen LogP contribution in [0, 0.1) is 5.92 Å². The third-order valence-electron chi connectivity index (χ3n) is 5.30. The number of H-pyrrole nitrogens is 1. The highest BCUT2D eigenvalue weighted by Gasteiger charge is 2.27. The van der Waals surface area contributed by atoms with E-state index in [2.05, 4.69) is 11.9 Å². The summed E-state index contributed by atoms with van der Waals surface area (Å²) < 4.78 is 10.7. The van der Waals surface area contributed by atoms with Crippen LogP contribution in [0.4, 0.5) is 0 Å². The molecule has 30 heavy (non-hydrogen) atoms. The Hall–Kier alpha value is -2.76. The van der Waals surface area contributed by atoms with Gasteiger partial charge in [0.2, 0.25) is 0 Å². The fourth-order valence-corrected chi connectivity index (χ4v) is 3.68. The van der Waals surface area contributed by atoms with E-state index in [1.807, 2.05) is 18.5 Å². The molecule has 0 saturated carbocycles. The Morgan fingerprint density at radius 3 is 2.63 bits per heavy atom. The molecular formula is C24H33NO5. The van der Waals surface area contributed by atoms with Gasteiger partial charge in [0.05, 0.1) is 7.11 Å². The van der Waals surface area contributed by atoms with Gasteiger partial charge in [-0.1, -0.05) is 25.8 Å². The minimum atomic E-state index is -0.425. The number of aromatic hydroxyl groups is 1. The first-order valence-corrected chi connectivity index (χ1v) is 10.6.